The smallest absolute Gasteiger partial charge is 0.0596 e. The number of aryl methyl sites for hydroxylation is 2. The van der Waals surface area contributed by atoms with Crippen LogP contribution in [0.5, 0.6) is 0 Å². The summed E-state index contributed by atoms with van der Waals surface area (Å²) < 4.78 is 3.10. The van der Waals surface area contributed by atoms with Gasteiger partial charge in [0.2, 0.25) is 0 Å². The maximum Gasteiger partial charge on any atom is 0.0596 e. The largest absolute Gasteiger partial charge is 0.319 e. The van der Waals surface area contributed by atoms with Crippen molar-refractivity contribution in [3.63, 3.8) is 0 Å². The van der Waals surface area contributed by atoms with Gasteiger partial charge in [0, 0.05) is 29.7 Å². The second kappa shape index (κ2) is 6.35. The van der Waals surface area contributed by atoms with Crippen molar-refractivity contribution >= 4 is 15.9 Å². The first kappa shape index (κ1) is 14.3. The van der Waals surface area contributed by atoms with Crippen LogP contribution in [0.2, 0.25) is 0 Å². The third-order valence-corrected chi connectivity index (χ3v) is 3.88. The number of likely N-dealkylation sites (N-methyl/N-ethyl adjacent to an activating group) is 1. The van der Waals surface area contributed by atoms with Crippen molar-refractivity contribution in [2.75, 3.05) is 13.6 Å². The summed E-state index contributed by atoms with van der Waals surface area (Å²) in [5, 5.41) is 7.71. The Kier molecular flexibility index (Phi) is 4.77. The molecule has 2 aromatic rings. The van der Waals surface area contributed by atoms with E-state index in [2.05, 4.69) is 56.7 Å². The summed E-state index contributed by atoms with van der Waals surface area (Å²) in [4.78, 5) is 0. The van der Waals surface area contributed by atoms with Crippen LogP contribution in [0, 0.1) is 6.92 Å². The molecule has 4 heteroatoms. The Morgan fingerprint density at radius 3 is 2.53 bits per heavy atom. The summed E-state index contributed by atoms with van der Waals surface area (Å²) in [6, 6.07) is 10.8. The highest BCUT2D eigenvalue weighted by molar-refractivity contribution is 9.10. The molecule has 0 radical (unpaired) electrons. The minimum atomic E-state index is 0.466. The van der Waals surface area contributed by atoms with Gasteiger partial charge in [-0.05, 0) is 44.2 Å². The fourth-order valence-corrected chi connectivity index (χ4v) is 2.66. The quantitative estimate of drug-likeness (QED) is 0.917. The van der Waals surface area contributed by atoms with Gasteiger partial charge in [-0.3, -0.25) is 4.68 Å². The lowest BCUT2D eigenvalue weighted by atomic mass is 9.94. The highest BCUT2D eigenvalue weighted by atomic mass is 79.9. The van der Waals surface area contributed by atoms with Gasteiger partial charge >= 0.3 is 0 Å². The molecule has 0 aliphatic carbocycles. The zero-order valence-corrected chi connectivity index (χ0v) is 13.2. The van der Waals surface area contributed by atoms with Crippen molar-refractivity contribution in [3.8, 4) is 0 Å². The Morgan fingerprint density at radius 1 is 1.32 bits per heavy atom. The molecular weight excluding hydrogens is 302 g/mol. The fraction of sp³-hybridized carbons (Fsp3) is 0.400. The number of halogens is 1. The van der Waals surface area contributed by atoms with Gasteiger partial charge in [-0.1, -0.05) is 28.1 Å². The number of hydrogen-bond acceptors (Lipinski definition) is 2. The van der Waals surface area contributed by atoms with Gasteiger partial charge in [0.15, 0.2) is 0 Å². The topological polar surface area (TPSA) is 29.9 Å². The van der Waals surface area contributed by atoms with Crippen LogP contribution in [-0.4, -0.2) is 23.4 Å². The Labute approximate surface area is 123 Å². The summed E-state index contributed by atoms with van der Waals surface area (Å²) in [5.41, 5.74) is 3.72. The van der Waals surface area contributed by atoms with Crippen LogP contribution in [0.4, 0.5) is 0 Å². The van der Waals surface area contributed by atoms with Crippen LogP contribution in [0.15, 0.2) is 34.8 Å². The average Bonchev–Trinajstić information content (AvgIpc) is 2.68. The summed E-state index contributed by atoms with van der Waals surface area (Å²) in [6.07, 6.45) is 1.000. The minimum Gasteiger partial charge on any atom is -0.319 e. The number of nitrogens with zero attached hydrogens (tertiary/aromatic N) is 2. The molecule has 0 spiro atoms. The Morgan fingerprint density at radius 2 is 2.00 bits per heavy atom. The maximum absolute atomic E-state index is 4.42. The van der Waals surface area contributed by atoms with Crippen LogP contribution < -0.4 is 5.32 Å². The van der Waals surface area contributed by atoms with Crippen LogP contribution >= 0.6 is 15.9 Å². The van der Waals surface area contributed by atoms with Crippen LogP contribution in [0.25, 0.3) is 0 Å². The van der Waals surface area contributed by atoms with E-state index in [1.807, 2.05) is 25.7 Å². The van der Waals surface area contributed by atoms with Crippen LogP contribution in [-0.2, 0) is 13.5 Å². The molecule has 102 valence electrons. The molecule has 0 aliphatic heterocycles. The van der Waals surface area contributed by atoms with Crippen molar-refractivity contribution in [2.24, 2.45) is 7.05 Å². The predicted octanol–water partition coefficient (Wildman–Crippen LogP) is 3.04. The van der Waals surface area contributed by atoms with Crippen molar-refractivity contribution in [1.29, 1.82) is 0 Å². The summed E-state index contributed by atoms with van der Waals surface area (Å²) in [5.74, 6) is 0.466. The first-order valence-electron chi connectivity index (χ1n) is 6.49. The van der Waals surface area contributed by atoms with E-state index in [4.69, 9.17) is 0 Å². The molecule has 1 aromatic carbocycles. The standard InChI is InChI=1S/C15H20BrN3/c1-11-8-15(19(3)18-11)9-13(10-17-2)12-4-6-14(16)7-5-12/h4-8,13,17H,9-10H2,1-3H3. The van der Waals surface area contributed by atoms with Gasteiger partial charge in [-0.25, -0.2) is 0 Å². The Hall–Kier alpha value is -1.13. The fourth-order valence-electron chi connectivity index (χ4n) is 2.40. The van der Waals surface area contributed by atoms with E-state index in [0.717, 1.165) is 23.1 Å². The molecule has 1 heterocycles. The second-order valence-electron chi connectivity index (χ2n) is 4.91. The molecule has 0 saturated carbocycles. The van der Waals surface area contributed by atoms with Crippen LogP contribution in [0.3, 0.4) is 0 Å². The van der Waals surface area contributed by atoms with E-state index < -0.39 is 0 Å². The van der Waals surface area contributed by atoms with E-state index in [-0.39, 0.29) is 0 Å². The van der Waals surface area contributed by atoms with Crippen molar-refractivity contribution in [3.05, 3.63) is 51.8 Å². The SMILES string of the molecule is CNCC(Cc1cc(C)nn1C)c1ccc(Br)cc1. The molecule has 1 N–H and O–H groups in total. The van der Waals surface area contributed by atoms with Crippen LogP contribution in [0.1, 0.15) is 22.9 Å². The lowest BCUT2D eigenvalue weighted by Crippen LogP contribution is -2.20. The molecule has 0 fully saturated rings. The third-order valence-electron chi connectivity index (χ3n) is 3.35. The van der Waals surface area contributed by atoms with Gasteiger partial charge in [0.1, 0.15) is 0 Å². The normalized spacial score (nSPS) is 12.6. The van der Waals surface area contributed by atoms with Crippen molar-refractivity contribution in [2.45, 2.75) is 19.3 Å². The van der Waals surface area contributed by atoms with Gasteiger partial charge in [-0.2, -0.15) is 5.10 Å². The monoisotopic (exact) mass is 321 g/mol. The highest BCUT2D eigenvalue weighted by Gasteiger charge is 2.14. The molecule has 1 unspecified atom stereocenters. The number of nitrogens with one attached hydrogen (secondary N) is 1. The Balaban J connectivity index is 2.20. The first-order valence-corrected chi connectivity index (χ1v) is 7.29. The number of hydrogen-bond donors (Lipinski definition) is 1. The molecule has 0 aliphatic rings. The van der Waals surface area contributed by atoms with E-state index in [9.17, 15) is 0 Å². The lowest BCUT2D eigenvalue weighted by molar-refractivity contribution is 0.591. The summed E-state index contributed by atoms with van der Waals surface area (Å²) in [7, 11) is 4.01. The first-order chi connectivity index (χ1) is 9.10. The molecule has 2 rings (SSSR count). The van der Waals surface area contributed by atoms with Gasteiger partial charge in [0.05, 0.1) is 5.69 Å². The summed E-state index contributed by atoms with van der Waals surface area (Å²) in [6.45, 7) is 3.00. The molecule has 0 bridgehead atoms. The van der Waals surface area contributed by atoms with Gasteiger partial charge < -0.3 is 5.32 Å². The molecule has 3 nitrogen and oxygen atoms in total. The molecule has 1 aromatic heterocycles. The lowest BCUT2D eigenvalue weighted by Gasteiger charge is -2.17. The highest BCUT2D eigenvalue weighted by Crippen LogP contribution is 2.22. The molecule has 1 atom stereocenters. The molecular formula is C15H20BrN3. The van der Waals surface area contributed by atoms with E-state index in [0.29, 0.717) is 5.92 Å². The van der Waals surface area contributed by atoms with Crippen molar-refractivity contribution < 1.29 is 0 Å². The zero-order chi connectivity index (χ0) is 13.8. The number of aromatic nitrogens is 2. The molecule has 19 heavy (non-hydrogen) atoms. The second-order valence-corrected chi connectivity index (χ2v) is 5.83. The van der Waals surface area contributed by atoms with Gasteiger partial charge in [0.25, 0.3) is 0 Å². The molecule has 0 saturated heterocycles. The third kappa shape index (κ3) is 3.67. The minimum absolute atomic E-state index is 0.466. The number of rotatable bonds is 5. The Bertz CT molecular complexity index is 531. The average molecular weight is 322 g/mol. The maximum atomic E-state index is 4.42. The number of benzene rings is 1. The predicted molar refractivity (Wildman–Crippen MR) is 82.5 cm³/mol. The van der Waals surface area contributed by atoms with Gasteiger partial charge in [-0.15, -0.1) is 0 Å². The van der Waals surface area contributed by atoms with E-state index in [1.165, 1.54) is 11.3 Å². The van der Waals surface area contributed by atoms with E-state index >= 15 is 0 Å². The molecule has 0 amide bonds. The van der Waals surface area contributed by atoms with E-state index in [1.54, 1.807) is 0 Å². The summed E-state index contributed by atoms with van der Waals surface area (Å²) >= 11 is 3.49. The van der Waals surface area contributed by atoms with Crippen molar-refractivity contribution in [1.82, 2.24) is 15.1 Å². The zero-order valence-electron chi connectivity index (χ0n) is 11.7.